The predicted octanol–water partition coefficient (Wildman–Crippen LogP) is 2.79. The summed E-state index contributed by atoms with van der Waals surface area (Å²) in [5.74, 6) is 1.16. The number of amides is 2. The molecule has 6 rings (SSSR count). The summed E-state index contributed by atoms with van der Waals surface area (Å²) >= 11 is 0. The minimum absolute atomic E-state index is 0.00210. The summed E-state index contributed by atoms with van der Waals surface area (Å²) in [5, 5.41) is 3.37. The van der Waals surface area contributed by atoms with E-state index in [2.05, 4.69) is 26.1 Å². The van der Waals surface area contributed by atoms with E-state index in [1.165, 1.54) is 6.42 Å². The van der Waals surface area contributed by atoms with Crippen LogP contribution in [0.5, 0.6) is 0 Å². The van der Waals surface area contributed by atoms with Gasteiger partial charge in [0.2, 0.25) is 0 Å². The predicted molar refractivity (Wildman–Crippen MR) is 133 cm³/mol. The SMILES string of the molecule is CC[Si](CC)(CC)OC12CC3CC(C1)CC([C@H](NCB=O)C(=O)N1C4CC4C[C@H]1C(N)=O)(C3)C2. The molecule has 1 aliphatic heterocycles. The Morgan fingerprint density at radius 3 is 2.29 bits per heavy atom. The number of carbonyl (C=O) groups excluding carboxylic acids is 2. The van der Waals surface area contributed by atoms with E-state index in [-0.39, 0.29) is 29.4 Å². The zero-order chi connectivity index (χ0) is 24.3. The quantitative estimate of drug-likeness (QED) is 0.437. The maximum absolute atomic E-state index is 14.2. The Balaban J connectivity index is 1.47. The minimum atomic E-state index is -1.81. The number of primary amides is 1. The van der Waals surface area contributed by atoms with Crippen LogP contribution in [-0.2, 0) is 18.7 Å². The number of piperidine rings is 1. The molecular formula is C25H42BN3O4Si. The van der Waals surface area contributed by atoms with E-state index in [9.17, 15) is 14.3 Å². The molecule has 1 heterocycles. The molecule has 5 saturated carbocycles. The average Bonchev–Trinajstić information content (AvgIpc) is 3.45. The molecule has 0 radical (unpaired) electrons. The molecule has 7 nitrogen and oxygen atoms in total. The summed E-state index contributed by atoms with van der Waals surface area (Å²) in [6.07, 6.45) is 8.21. The van der Waals surface area contributed by atoms with Gasteiger partial charge >= 0.3 is 206 Å². The van der Waals surface area contributed by atoms with E-state index >= 15 is 0 Å². The Bertz CT molecular complexity index is 830. The molecule has 0 aromatic carbocycles. The van der Waals surface area contributed by atoms with Crippen molar-refractivity contribution in [2.45, 2.75) is 114 Å². The number of rotatable bonds is 11. The summed E-state index contributed by atoms with van der Waals surface area (Å²) in [6.45, 7) is 6.87. The number of fused-ring (bicyclic) bond motifs is 1. The summed E-state index contributed by atoms with van der Waals surface area (Å²) in [6, 6.07) is 2.59. The number of likely N-dealkylation sites (tertiary alicyclic amines) is 1. The van der Waals surface area contributed by atoms with Crippen LogP contribution in [-0.4, -0.2) is 62.4 Å². The molecule has 1 saturated heterocycles. The first kappa shape index (κ1) is 24.6. The van der Waals surface area contributed by atoms with Crippen LogP contribution in [0.15, 0.2) is 0 Å². The second-order valence-corrected chi connectivity index (χ2v) is 17.0. The van der Waals surface area contributed by atoms with Crippen molar-refractivity contribution in [3.05, 3.63) is 0 Å². The van der Waals surface area contributed by atoms with Crippen LogP contribution in [0.3, 0.4) is 0 Å². The molecule has 2 amide bonds. The van der Waals surface area contributed by atoms with E-state index in [0.29, 0.717) is 24.2 Å². The molecule has 3 N–H and O–H groups in total. The third-order valence-corrected chi connectivity index (χ3v) is 15.1. The third kappa shape index (κ3) is 3.94. The molecular weight excluding hydrogens is 445 g/mol. The molecule has 9 heteroatoms. The molecule has 4 unspecified atom stereocenters. The van der Waals surface area contributed by atoms with Crippen LogP contribution in [0.25, 0.3) is 0 Å². The molecule has 34 heavy (non-hydrogen) atoms. The van der Waals surface area contributed by atoms with Gasteiger partial charge in [0, 0.05) is 0 Å². The third-order valence-electron chi connectivity index (χ3n) is 10.4. The van der Waals surface area contributed by atoms with Crippen molar-refractivity contribution >= 4 is 27.3 Å². The first-order valence-corrected chi connectivity index (χ1v) is 16.2. The van der Waals surface area contributed by atoms with Gasteiger partial charge in [-0.2, -0.15) is 0 Å². The van der Waals surface area contributed by atoms with Crippen LogP contribution in [0.2, 0.25) is 18.1 Å². The zero-order valence-electron chi connectivity index (χ0n) is 21.2. The molecule has 0 aromatic heterocycles. The summed E-state index contributed by atoms with van der Waals surface area (Å²) in [4.78, 5) is 28.2. The first-order chi connectivity index (χ1) is 16.2. The van der Waals surface area contributed by atoms with Crippen molar-refractivity contribution in [1.82, 2.24) is 10.2 Å². The van der Waals surface area contributed by atoms with Crippen molar-refractivity contribution < 1.29 is 18.7 Å². The second-order valence-electron chi connectivity index (χ2n) is 12.3. The Labute approximate surface area is 205 Å². The van der Waals surface area contributed by atoms with E-state index in [4.69, 9.17) is 10.2 Å². The Kier molecular flexibility index (Phi) is 6.38. The average molecular weight is 488 g/mol. The summed E-state index contributed by atoms with van der Waals surface area (Å²) in [5.41, 5.74) is 5.38. The maximum atomic E-state index is 14.2. The monoisotopic (exact) mass is 487 g/mol. The van der Waals surface area contributed by atoms with Crippen LogP contribution >= 0.6 is 0 Å². The molecule has 5 aliphatic carbocycles. The normalized spacial score (nSPS) is 40.7. The van der Waals surface area contributed by atoms with Crippen LogP contribution in [0.4, 0.5) is 0 Å². The van der Waals surface area contributed by atoms with Gasteiger partial charge in [0.15, 0.2) is 0 Å². The van der Waals surface area contributed by atoms with Crippen molar-refractivity contribution in [2.75, 3.05) is 6.44 Å². The van der Waals surface area contributed by atoms with Crippen molar-refractivity contribution in [1.29, 1.82) is 0 Å². The Hall–Kier alpha value is -1.06. The molecule has 6 atom stereocenters. The number of carbonyl (C=O) groups is 2. The topological polar surface area (TPSA) is 102 Å². The van der Waals surface area contributed by atoms with E-state index in [0.717, 1.165) is 63.8 Å². The fraction of sp³-hybridized carbons (Fsp3) is 0.920. The number of hydrogen-bond donors (Lipinski definition) is 2. The molecule has 6 aliphatic rings. The fourth-order valence-electron chi connectivity index (χ4n) is 9.04. The van der Waals surface area contributed by atoms with Crippen molar-refractivity contribution in [2.24, 2.45) is 28.9 Å². The van der Waals surface area contributed by atoms with Gasteiger partial charge in [-0.25, -0.2) is 0 Å². The van der Waals surface area contributed by atoms with Gasteiger partial charge in [-0.15, -0.1) is 0 Å². The zero-order valence-corrected chi connectivity index (χ0v) is 22.2. The van der Waals surface area contributed by atoms with Gasteiger partial charge in [0.05, 0.1) is 0 Å². The number of nitrogens with one attached hydrogen (secondary N) is 1. The first-order valence-electron chi connectivity index (χ1n) is 13.7. The fourth-order valence-corrected chi connectivity index (χ4v) is 12.1. The Morgan fingerprint density at radius 1 is 1.09 bits per heavy atom. The van der Waals surface area contributed by atoms with Crippen molar-refractivity contribution in [3.8, 4) is 0 Å². The van der Waals surface area contributed by atoms with Gasteiger partial charge in [0.25, 0.3) is 0 Å². The van der Waals surface area contributed by atoms with Gasteiger partial charge in [0.1, 0.15) is 0 Å². The van der Waals surface area contributed by atoms with Gasteiger partial charge in [-0.1, -0.05) is 0 Å². The second kappa shape index (κ2) is 8.80. The van der Waals surface area contributed by atoms with Gasteiger partial charge in [-0.3, -0.25) is 0 Å². The molecule has 0 spiro atoms. The summed E-state index contributed by atoms with van der Waals surface area (Å²) in [7, 11) is -0.959. The summed E-state index contributed by atoms with van der Waals surface area (Å²) < 4.78 is 18.7. The molecule has 188 valence electrons. The van der Waals surface area contributed by atoms with E-state index in [1.807, 2.05) is 4.90 Å². The van der Waals surface area contributed by atoms with Crippen LogP contribution < -0.4 is 11.1 Å². The molecule has 6 fully saturated rings. The standard InChI is InChI=1S/C25H42BN3O4Si/c1-4-34(5-2,6-3)33-25-12-16-7-17(13-25)11-24(10-16,14-25)21(28-15-26-32)23(31)29-19-8-18(19)9-20(29)22(27)30/h16-21,28H,4-15H2,1-3H3,(H2,27,30)/t16?,17?,18?,19?,20-,21+,24?,25?/m0/s1. The number of hydrogen-bond acceptors (Lipinski definition) is 5. The number of nitrogens with zero attached hydrogens (tertiary/aromatic N) is 1. The molecule has 0 aromatic rings. The van der Waals surface area contributed by atoms with Gasteiger partial charge in [-0.05, 0) is 0 Å². The van der Waals surface area contributed by atoms with Crippen LogP contribution in [0, 0.1) is 23.2 Å². The molecule has 4 bridgehead atoms. The van der Waals surface area contributed by atoms with Gasteiger partial charge < -0.3 is 0 Å². The van der Waals surface area contributed by atoms with Crippen molar-refractivity contribution in [3.63, 3.8) is 0 Å². The van der Waals surface area contributed by atoms with Crippen LogP contribution in [0.1, 0.15) is 72.1 Å². The van der Waals surface area contributed by atoms with E-state index in [1.54, 1.807) is 0 Å². The number of nitrogens with two attached hydrogens (primary N) is 1. The van der Waals surface area contributed by atoms with E-state index < -0.39 is 26.3 Å². The Morgan fingerprint density at radius 2 is 1.74 bits per heavy atom.